The van der Waals surface area contributed by atoms with E-state index in [4.69, 9.17) is 5.73 Å². The van der Waals surface area contributed by atoms with Crippen molar-refractivity contribution in [1.82, 2.24) is 4.90 Å². The standard InChI is InChI=1S/C13H28N2O.ClH/c1-6-7-8-9-15(10(2)3)13(16)11(4)12(5)14;/h10-12H,6-9,14H2,1-5H3;1H. The van der Waals surface area contributed by atoms with Crippen LogP contribution in [-0.2, 0) is 4.79 Å². The van der Waals surface area contributed by atoms with E-state index >= 15 is 0 Å². The first-order valence-corrected chi connectivity index (χ1v) is 6.47. The number of hydrogen-bond acceptors (Lipinski definition) is 2. The van der Waals surface area contributed by atoms with Gasteiger partial charge in [-0.2, -0.15) is 0 Å². The second-order valence-electron chi connectivity index (χ2n) is 4.98. The van der Waals surface area contributed by atoms with Gasteiger partial charge in [0, 0.05) is 18.6 Å². The van der Waals surface area contributed by atoms with Gasteiger partial charge in [0.25, 0.3) is 0 Å². The molecule has 0 aromatic rings. The molecule has 2 unspecified atom stereocenters. The van der Waals surface area contributed by atoms with Crippen LogP contribution in [0.15, 0.2) is 0 Å². The van der Waals surface area contributed by atoms with Crippen molar-refractivity contribution in [2.45, 2.75) is 66.0 Å². The number of carbonyl (C=O) groups excluding carboxylic acids is 1. The van der Waals surface area contributed by atoms with Gasteiger partial charge in [0.1, 0.15) is 0 Å². The average molecular weight is 265 g/mol. The van der Waals surface area contributed by atoms with Gasteiger partial charge in [-0.05, 0) is 27.2 Å². The maximum Gasteiger partial charge on any atom is 0.227 e. The molecule has 0 saturated heterocycles. The lowest BCUT2D eigenvalue weighted by Gasteiger charge is -2.30. The number of nitrogens with two attached hydrogens (primary N) is 1. The summed E-state index contributed by atoms with van der Waals surface area (Å²) < 4.78 is 0. The van der Waals surface area contributed by atoms with Gasteiger partial charge in [0.2, 0.25) is 5.91 Å². The molecule has 0 spiro atoms. The molecule has 104 valence electrons. The fourth-order valence-corrected chi connectivity index (χ4v) is 1.64. The first-order chi connectivity index (χ1) is 7.41. The summed E-state index contributed by atoms with van der Waals surface area (Å²) in [7, 11) is 0. The van der Waals surface area contributed by atoms with Crippen molar-refractivity contribution < 1.29 is 4.79 Å². The highest BCUT2D eigenvalue weighted by Gasteiger charge is 2.24. The summed E-state index contributed by atoms with van der Waals surface area (Å²) in [5, 5.41) is 0. The minimum absolute atomic E-state index is 0. The quantitative estimate of drug-likeness (QED) is 0.719. The number of unbranched alkanes of at least 4 members (excludes halogenated alkanes) is 2. The van der Waals surface area contributed by atoms with Crippen LogP contribution in [0.4, 0.5) is 0 Å². The van der Waals surface area contributed by atoms with E-state index in [0.717, 1.165) is 13.0 Å². The van der Waals surface area contributed by atoms with E-state index < -0.39 is 0 Å². The Morgan fingerprint density at radius 3 is 2.06 bits per heavy atom. The van der Waals surface area contributed by atoms with Crippen LogP contribution in [0.5, 0.6) is 0 Å². The fraction of sp³-hybridized carbons (Fsp3) is 0.923. The van der Waals surface area contributed by atoms with Gasteiger partial charge in [0.05, 0.1) is 5.92 Å². The third-order valence-electron chi connectivity index (χ3n) is 3.09. The van der Waals surface area contributed by atoms with Crippen LogP contribution in [0.1, 0.15) is 53.9 Å². The molecule has 1 amide bonds. The van der Waals surface area contributed by atoms with Crippen LogP contribution in [0, 0.1) is 5.92 Å². The average Bonchev–Trinajstić information content (AvgIpc) is 2.21. The molecular weight excluding hydrogens is 236 g/mol. The van der Waals surface area contributed by atoms with E-state index in [1.807, 2.05) is 18.7 Å². The topological polar surface area (TPSA) is 46.3 Å². The van der Waals surface area contributed by atoms with Crippen molar-refractivity contribution in [3.05, 3.63) is 0 Å². The molecule has 0 aliphatic rings. The zero-order valence-electron chi connectivity index (χ0n) is 11.9. The molecule has 0 rings (SSSR count). The summed E-state index contributed by atoms with van der Waals surface area (Å²) >= 11 is 0. The summed E-state index contributed by atoms with van der Waals surface area (Å²) in [5.74, 6) is 0.116. The molecule has 0 radical (unpaired) electrons. The van der Waals surface area contributed by atoms with Crippen molar-refractivity contribution >= 4 is 18.3 Å². The van der Waals surface area contributed by atoms with Crippen LogP contribution in [-0.4, -0.2) is 29.4 Å². The van der Waals surface area contributed by atoms with Crippen molar-refractivity contribution in [3.8, 4) is 0 Å². The minimum atomic E-state index is -0.0796. The van der Waals surface area contributed by atoms with E-state index in [2.05, 4.69) is 20.8 Å². The molecule has 0 fully saturated rings. The lowest BCUT2D eigenvalue weighted by Crippen LogP contribution is -2.45. The number of carbonyl (C=O) groups is 1. The Bertz CT molecular complexity index is 208. The molecule has 0 aromatic heterocycles. The molecule has 0 aliphatic heterocycles. The maximum atomic E-state index is 12.2. The van der Waals surface area contributed by atoms with Gasteiger partial charge in [-0.15, -0.1) is 12.4 Å². The summed E-state index contributed by atoms with van der Waals surface area (Å²) in [6.45, 7) is 11.0. The fourth-order valence-electron chi connectivity index (χ4n) is 1.64. The molecule has 2 N–H and O–H groups in total. The monoisotopic (exact) mass is 264 g/mol. The predicted octanol–water partition coefficient (Wildman–Crippen LogP) is 2.82. The zero-order valence-corrected chi connectivity index (χ0v) is 12.7. The Labute approximate surface area is 113 Å². The van der Waals surface area contributed by atoms with E-state index in [1.54, 1.807) is 0 Å². The summed E-state index contributed by atoms with van der Waals surface area (Å²) in [4.78, 5) is 14.1. The van der Waals surface area contributed by atoms with Gasteiger partial charge < -0.3 is 10.6 Å². The van der Waals surface area contributed by atoms with Crippen molar-refractivity contribution in [3.63, 3.8) is 0 Å². The van der Waals surface area contributed by atoms with Gasteiger partial charge >= 0.3 is 0 Å². The van der Waals surface area contributed by atoms with Crippen molar-refractivity contribution in [2.24, 2.45) is 11.7 Å². The zero-order chi connectivity index (χ0) is 12.7. The highest BCUT2D eigenvalue weighted by atomic mass is 35.5. The Morgan fingerprint density at radius 2 is 1.71 bits per heavy atom. The van der Waals surface area contributed by atoms with Crippen LogP contribution in [0.25, 0.3) is 0 Å². The highest BCUT2D eigenvalue weighted by molar-refractivity contribution is 5.85. The first kappa shape index (κ1) is 19.1. The third kappa shape index (κ3) is 6.89. The Kier molecular flexibility index (Phi) is 10.9. The third-order valence-corrected chi connectivity index (χ3v) is 3.09. The summed E-state index contributed by atoms with van der Waals surface area (Å²) in [5.41, 5.74) is 5.78. The van der Waals surface area contributed by atoms with E-state index in [-0.39, 0.29) is 36.3 Å². The second-order valence-corrected chi connectivity index (χ2v) is 4.98. The number of halogens is 1. The van der Waals surface area contributed by atoms with Gasteiger partial charge in [0.15, 0.2) is 0 Å². The van der Waals surface area contributed by atoms with Gasteiger partial charge in [-0.1, -0.05) is 26.7 Å². The Hall–Kier alpha value is -0.280. The molecule has 3 nitrogen and oxygen atoms in total. The van der Waals surface area contributed by atoms with Crippen LogP contribution in [0.3, 0.4) is 0 Å². The Morgan fingerprint density at radius 1 is 1.18 bits per heavy atom. The molecule has 0 aromatic carbocycles. The summed E-state index contributed by atoms with van der Waals surface area (Å²) in [6.07, 6.45) is 3.46. The molecular formula is C13H29ClN2O. The largest absolute Gasteiger partial charge is 0.340 e. The van der Waals surface area contributed by atoms with Crippen molar-refractivity contribution in [1.29, 1.82) is 0 Å². The van der Waals surface area contributed by atoms with E-state index in [9.17, 15) is 4.79 Å². The maximum absolute atomic E-state index is 12.2. The lowest BCUT2D eigenvalue weighted by molar-refractivity contribution is -0.137. The SMILES string of the molecule is CCCCCN(C(=O)C(C)C(C)N)C(C)C.Cl. The molecule has 0 aliphatic carbocycles. The van der Waals surface area contributed by atoms with Crippen LogP contribution in [0.2, 0.25) is 0 Å². The van der Waals surface area contributed by atoms with E-state index in [1.165, 1.54) is 12.8 Å². The van der Waals surface area contributed by atoms with Gasteiger partial charge in [-0.25, -0.2) is 0 Å². The lowest BCUT2D eigenvalue weighted by atomic mass is 10.0. The number of hydrogen-bond donors (Lipinski definition) is 1. The predicted molar refractivity (Wildman–Crippen MR) is 76.4 cm³/mol. The van der Waals surface area contributed by atoms with Crippen LogP contribution >= 0.6 is 12.4 Å². The Balaban J connectivity index is 0. The highest BCUT2D eigenvalue weighted by Crippen LogP contribution is 2.11. The molecule has 4 heteroatoms. The van der Waals surface area contributed by atoms with Crippen LogP contribution < -0.4 is 5.73 Å². The van der Waals surface area contributed by atoms with Gasteiger partial charge in [-0.3, -0.25) is 4.79 Å². The molecule has 2 atom stereocenters. The smallest absolute Gasteiger partial charge is 0.227 e. The molecule has 0 bridgehead atoms. The van der Waals surface area contributed by atoms with E-state index in [0.29, 0.717) is 0 Å². The molecule has 17 heavy (non-hydrogen) atoms. The second kappa shape index (κ2) is 9.72. The molecule has 0 saturated carbocycles. The first-order valence-electron chi connectivity index (χ1n) is 6.47. The number of amides is 1. The minimum Gasteiger partial charge on any atom is -0.340 e. The normalized spacial score (nSPS) is 14.1. The summed E-state index contributed by atoms with van der Waals surface area (Å²) in [6, 6.07) is 0.200. The van der Waals surface area contributed by atoms with Crippen molar-refractivity contribution in [2.75, 3.05) is 6.54 Å². The number of rotatable bonds is 7. The number of nitrogens with zero attached hydrogens (tertiary/aromatic N) is 1. The molecule has 0 heterocycles.